The Morgan fingerprint density at radius 2 is 2.24 bits per heavy atom. The van der Waals surface area contributed by atoms with Crippen molar-refractivity contribution in [3.05, 3.63) is 50.9 Å². The van der Waals surface area contributed by atoms with Gasteiger partial charge in [0.25, 0.3) is 5.91 Å². The predicted molar refractivity (Wildman–Crippen MR) is 82.3 cm³/mol. The van der Waals surface area contributed by atoms with Gasteiger partial charge in [0, 0.05) is 17.0 Å². The van der Waals surface area contributed by atoms with Crippen molar-refractivity contribution in [3.8, 4) is 11.8 Å². The molecule has 108 valence electrons. The maximum absolute atomic E-state index is 13.6. The summed E-state index contributed by atoms with van der Waals surface area (Å²) in [4.78, 5) is 12.6. The zero-order chi connectivity index (χ0) is 15.2. The summed E-state index contributed by atoms with van der Waals surface area (Å²) >= 11 is 6.99. The van der Waals surface area contributed by atoms with Gasteiger partial charge in [0.1, 0.15) is 10.7 Å². The average molecular weight is 324 g/mol. The number of halogens is 2. The number of carbonyl (C=O) groups is 1. The van der Waals surface area contributed by atoms with E-state index in [1.165, 1.54) is 29.5 Å². The predicted octanol–water partition coefficient (Wildman–Crippen LogP) is 3.53. The number of anilines is 1. The molecule has 1 aromatic carbocycles. The normalized spacial score (nSPS) is 9.86. The van der Waals surface area contributed by atoms with Gasteiger partial charge >= 0.3 is 0 Å². The van der Waals surface area contributed by atoms with Crippen LogP contribution in [-0.4, -0.2) is 17.6 Å². The molecule has 2 aromatic rings. The van der Waals surface area contributed by atoms with E-state index in [9.17, 15) is 9.18 Å². The number of aliphatic hydroxyl groups excluding tert-OH is 1. The Kier molecular flexibility index (Phi) is 5.34. The lowest BCUT2D eigenvalue weighted by molar-refractivity contribution is 0.103. The molecule has 2 N–H and O–H groups in total. The summed E-state index contributed by atoms with van der Waals surface area (Å²) in [6.07, 6.45) is 0.333. The Labute approximate surface area is 130 Å². The van der Waals surface area contributed by atoms with Gasteiger partial charge in [-0.3, -0.25) is 4.79 Å². The molecule has 0 spiro atoms. The molecule has 1 aromatic heterocycles. The number of hydrogen-bond acceptors (Lipinski definition) is 3. The standard InChI is InChI=1S/C15H11ClFNO2S/c16-11-4-5-12(17)13(9-11)18-15(20)14-10(6-8-21-14)3-1-2-7-19/h4-6,8-9,19H,2,7H2,(H,18,20). The third-order valence-electron chi connectivity index (χ3n) is 2.51. The number of amides is 1. The molecule has 1 heterocycles. The third kappa shape index (κ3) is 4.05. The van der Waals surface area contributed by atoms with Gasteiger partial charge in [-0.25, -0.2) is 4.39 Å². The number of benzene rings is 1. The molecular formula is C15H11ClFNO2S. The van der Waals surface area contributed by atoms with Crippen molar-refractivity contribution in [1.29, 1.82) is 0 Å². The van der Waals surface area contributed by atoms with Crippen LogP contribution in [0.25, 0.3) is 0 Å². The number of hydrogen-bond donors (Lipinski definition) is 2. The summed E-state index contributed by atoms with van der Waals surface area (Å²) in [5, 5.41) is 13.2. The van der Waals surface area contributed by atoms with E-state index in [4.69, 9.17) is 16.7 Å². The van der Waals surface area contributed by atoms with Crippen LogP contribution in [0.15, 0.2) is 29.6 Å². The molecule has 0 saturated carbocycles. The molecule has 1 amide bonds. The minimum atomic E-state index is -0.558. The zero-order valence-corrected chi connectivity index (χ0v) is 12.4. The van der Waals surface area contributed by atoms with Gasteiger partial charge in [0.15, 0.2) is 0 Å². The molecule has 0 aliphatic rings. The van der Waals surface area contributed by atoms with Crippen molar-refractivity contribution < 1.29 is 14.3 Å². The van der Waals surface area contributed by atoms with E-state index in [1.54, 1.807) is 11.4 Å². The van der Waals surface area contributed by atoms with Crippen molar-refractivity contribution >= 4 is 34.5 Å². The van der Waals surface area contributed by atoms with Crippen molar-refractivity contribution in [2.75, 3.05) is 11.9 Å². The average Bonchev–Trinajstić information content (AvgIpc) is 2.92. The first kappa shape index (κ1) is 15.5. The molecule has 3 nitrogen and oxygen atoms in total. The largest absolute Gasteiger partial charge is 0.395 e. The molecule has 0 fully saturated rings. The van der Waals surface area contributed by atoms with Gasteiger partial charge in [-0.2, -0.15) is 0 Å². The quantitative estimate of drug-likeness (QED) is 0.849. The Balaban J connectivity index is 2.20. The van der Waals surface area contributed by atoms with Gasteiger partial charge in [0.2, 0.25) is 0 Å². The van der Waals surface area contributed by atoms with E-state index in [-0.39, 0.29) is 12.3 Å². The molecule has 2 rings (SSSR count). The number of rotatable bonds is 3. The monoisotopic (exact) mass is 323 g/mol. The van der Waals surface area contributed by atoms with Gasteiger partial charge in [-0.1, -0.05) is 23.4 Å². The Hall–Kier alpha value is -1.87. The first-order chi connectivity index (χ1) is 10.1. The van der Waals surface area contributed by atoms with Crippen LogP contribution in [-0.2, 0) is 0 Å². The first-order valence-corrected chi connectivity index (χ1v) is 7.31. The lowest BCUT2D eigenvalue weighted by Crippen LogP contribution is -2.12. The molecule has 21 heavy (non-hydrogen) atoms. The van der Waals surface area contributed by atoms with Crippen LogP contribution in [0.2, 0.25) is 5.02 Å². The SMILES string of the molecule is O=C(Nc1cc(Cl)ccc1F)c1sccc1C#CCCO. The number of thiophene rings is 1. The summed E-state index contributed by atoms with van der Waals surface area (Å²) in [6, 6.07) is 5.65. The van der Waals surface area contributed by atoms with Crippen LogP contribution in [0.5, 0.6) is 0 Å². The summed E-state index contributed by atoms with van der Waals surface area (Å²) in [5.41, 5.74) is 0.573. The lowest BCUT2D eigenvalue weighted by atomic mass is 10.2. The molecule has 0 aliphatic carbocycles. The second-order valence-corrected chi connectivity index (χ2v) is 5.37. The van der Waals surface area contributed by atoms with Crippen molar-refractivity contribution in [2.45, 2.75) is 6.42 Å². The second-order valence-electron chi connectivity index (χ2n) is 4.02. The zero-order valence-electron chi connectivity index (χ0n) is 10.8. The Bertz CT molecular complexity index is 718. The fourth-order valence-electron chi connectivity index (χ4n) is 1.57. The van der Waals surface area contributed by atoms with Crippen molar-refractivity contribution in [1.82, 2.24) is 0 Å². The summed E-state index contributed by atoms with van der Waals surface area (Å²) in [6.45, 7) is -0.0353. The van der Waals surface area contributed by atoms with Crippen LogP contribution in [0, 0.1) is 17.7 Å². The molecule has 0 saturated heterocycles. The molecule has 6 heteroatoms. The highest BCUT2D eigenvalue weighted by molar-refractivity contribution is 7.12. The Morgan fingerprint density at radius 3 is 3.00 bits per heavy atom. The van der Waals surface area contributed by atoms with Crippen LogP contribution < -0.4 is 5.32 Å². The fraction of sp³-hybridized carbons (Fsp3) is 0.133. The fourth-order valence-corrected chi connectivity index (χ4v) is 2.49. The number of carbonyl (C=O) groups excluding carboxylic acids is 1. The van der Waals surface area contributed by atoms with Crippen molar-refractivity contribution in [2.24, 2.45) is 0 Å². The highest BCUT2D eigenvalue weighted by atomic mass is 35.5. The van der Waals surface area contributed by atoms with Gasteiger partial charge in [-0.15, -0.1) is 11.3 Å². The van der Waals surface area contributed by atoms with E-state index in [2.05, 4.69) is 17.2 Å². The minimum absolute atomic E-state index is 0.0233. The highest BCUT2D eigenvalue weighted by Crippen LogP contribution is 2.22. The summed E-state index contributed by atoms with van der Waals surface area (Å²) in [5.74, 6) is 4.55. The van der Waals surface area contributed by atoms with Crippen LogP contribution in [0.1, 0.15) is 21.7 Å². The molecule has 0 radical (unpaired) electrons. The highest BCUT2D eigenvalue weighted by Gasteiger charge is 2.14. The third-order valence-corrected chi connectivity index (χ3v) is 3.66. The maximum Gasteiger partial charge on any atom is 0.267 e. The molecular weight excluding hydrogens is 313 g/mol. The van der Waals surface area contributed by atoms with E-state index in [0.717, 1.165) is 0 Å². The molecule has 0 unspecified atom stereocenters. The van der Waals surface area contributed by atoms with Gasteiger partial charge in [0.05, 0.1) is 12.3 Å². The molecule has 0 aliphatic heterocycles. The van der Waals surface area contributed by atoms with E-state index in [1.807, 2.05) is 0 Å². The topological polar surface area (TPSA) is 49.3 Å². The van der Waals surface area contributed by atoms with Gasteiger partial charge in [-0.05, 0) is 29.6 Å². The maximum atomic E-state index is 13.6. The number of aliphatic hydroxyl groups is 1. The number of nitrogens with one attached hydrogen (secondary N) is 1. The van der Waals surface area contributed by atoms with E-state index in [0.29, 0.717) is 21.9 Å². The van der Waals surface area contributed by atoms with E-state index >= 15 is 0 Å². The summed E-state index contributed by atoms with van der Waals surface area (Å²) in [7, 11) is 0. The lowest BCUT2D eigenvalue weighted by Gasteiger charge is -2.06. The molecule has 0 atom stereocenters. The summed E-state index contributed by atoms with van der Waals surface area (Å²) < 4.78 is 13.6. The van der Waals surface area contributed by atoms with Gasteiger partial charge < -0.3 is 10.4 Å². The van der Waals surface area contributed by atoms with Crippen LogP contribution >= 0.6 is 22.9 Å². The second kappa shape index (κ2) is 7.23. The van der Waals surface area contributed by atoms with Crippen molar-refractivity contribution in [3.63, 3.8) is 0 Å². The van der Waals surface area contributed by atoms with Crippen LogP contribution in [0.3, 0.4) is 0 Å². The smallest absolute Gasteiger partial charge is 0.267 e. The minimum Gasteiger partial charge on any atom is -0.395 e. The molecule has 0 bridgehead atoms. The van der Waals surface area contributed by atoms with Crippen LogP contribution in [0.4, 0.5) is 10.1 Å². The Morgan fingerprint density at radius 1 is 1.43 bits per heavy atom. The first-order valence-electron chi connectivity index (χ1n) is 6.05. The van der Waals surface area contributed by atoms with E-state index < -0.39 is 11.7 Å².